The first-order valence-corrected chi connectivity index (χ1v) is 11.2. The third kappa shape index (κ3) is 7.88. The standard InChI is InChI=1S/C25H35N3O2.C2H4/c1-7-20-12-13-23-21(14-20)15-22(27-23)16-24(29)26-19(5)17(3)10-9-11-18(4)25(30)28(6)8-2;1-2/h9-15,18-19,27H,7-8,16H2,1-6H3,(H,26,29);1-2H2/b11-9?,17-10+;. The van der Waals surface area contributed by atoms with Crippen LogP contribution in [0.15, 0.2) is 61.2 Å². The summed E-state index contributed by atoms with van der Waals surface area (Å²) in [6.45, 7) is 16.6. The summed E-state index contributed by atoms with van der Waals surface area (Å²) in [6, 6.07) is 8.32. The summed E-state index contributed by atoms with van der Waals surface area (Å²) in [5, 5.41) is 4.19. The number of hydrogen-bond donors (Lipinski definition) is 2. The molecule has 2 atom stereocenters. The van der Waals surface area contributed by atoms with Gasteiger partial charge in [0.05, 0.1) is 12.3 Å². The molecular formula is C27H39N3O2. The van der Waals surface area contributed by atoms with Crippen molar-refractivity contribution in [3.8, 4) is 0 Å². The molecule has 2 unspecified atom stereocenters. The van der Waals surface area contributed by atoms with E-state index < -0.39 is 0 Å². The monoisotopic (exact) mass is 437 g/mol. The first-order valence-electron chi connectivity index (χ1n) is 11.2. The molecule has 2 N–H and O–H groups in total. The van der Waals surface area contributed by atoms with E-state index in [-0.39, 0.29) is 23.8 Å². The zero-order chi connectivity index (χ0) is 24.3. The zero-order valence-corrected chi connectivity index (χ0v) is 20.5. The zero-order valence-electron chi connectivity index (χ0n) is 20.5. The number of H-pyrrole nitrogens is 1. The molecule has 174 valence electrons. The summed E-state index contributed by atoms with van der Waals surface area (Å²) >= 11 is 0. The number of allylic oxidation sites excluding steroid dienone is 2. The Balaban J connectivity index is 0.00000249. The number of carbonyl (C=O) groups excluding carboxylic acids is 2. The molecule has 5 nitrogen and oxygen atoms in total. The van der Waals surface area contributed by atoms with Gasteiger partial charge >= 0.3 is 0 Å². The van der Waals surface area contributed by atoms with E-state index in [9.17, 15) is 9.59 Å². The van der Waals surface area contributed by atoms with Crippen LogP contribution in [0.2, 0.25) is 0 Å². The lowest BCUT2D eigenvalue weighted by atomic mass is 10.1. The number of rotatable bonds is 9. The fourth-order valence-electron chi connectivity index (χ4n) is 3.24. The molecule has 1 aromatic heterocycles. The van der Waals surface area contributed by atoms with Crippen LogP contribution >= 0.6 is 0 Å². The van der Waals surface area contributed by atoms with E-state index in [0.717, 1.165) is 28.6 Å². The summed E-state index contributed by atoms with van der Waals surface area (Å²) in [6.07, 6.45) is 7.06. The van der Waals surface area contributed by atoms with Crippen LogP contribution in [0.5, 0.6) is 0 Å². The summed E-state index contributed by atoms with van der Waals surface area (Å²) in [7, 11) is 1.81. The molecule has 1 aromatic carbocycles. The van der Waals surface area contributed by atoms with Gasteiger partial charge in [-0.3, -0.25) is 9.59 Å². The normalized spacial score (nSPS) is 13.4. The van der Waals surface area contributed by atoms with E-state index in [1.165, 1.54) is 5.56 Å². The number of amides is 2. The second kappa shape index (κ2) is 13.4. The Kier molecular flexibility index (Phi) is 11.3. The number of hydrogen-bond acceptors (Lipinski definition) is 2. The maximum absolute atomic E-state index is 12.5. The van der Waals surface area contributed by atoms with Crippen molar-refractivity contribution in [1.82, 2.24) is 15.2 Å². The first-order chi connectivity index (χ1) is 15.2. The van der Waals surface area contributed by atoms with Gasteiger partial charge in [-0.25, -0.2) is 0 Å². The maximum Gasteiger partial charge on any atom is 0.228 e. The Labute approximate surface area is 193 Å². The molecule has 2 rings (SSSR count). The fourth-order valence-corrected chi connectivity index (χ4v) is 3.24. The summed E-state index contributed by atoms with van der Waals surface area (Å²) in [5.41, 5.74) is 4.29. The van der Waals surface area contributed by atoms with Crippen molar-refractivity contribution in [3.63, 3.8) is 0 Å². The molecule has 0 fully saturated rings. The molecule has 5 heteroatoms. The average molecular weight is 438 g/mol. The SMILES string of the molecule is C=C.CCc1ccc2[nH]c(CC(=O)NC(C)/C(C)=C/C=CC(C)C(=O)N(C)CC)cc2c1. The summed E-state index contributed by atoms with van der Waals surface area (Å²) in [4.78, 5) is 29.6. The molecule has 0 aliphatic rings. The molecule has 0 aliphatic heterocycles. The lowest BCUT2D eigenvalue weighted by molar-refractivity contribution is -0.132. The molecular weight excluding hydrogens is 398 g/mol. The second-order valence-corrected chi connectivity index (χ2v) is 7.97. The number of fused-ring (bicyclic) bond motifs is 1. The van der Waals surface area contributed by atoms with Gasteiger partial charge in [-0.1, -0.05) is 43.7 Å². The van der Waals surface area contributed by atoms with E-state index in [1.807, 2.05) is 45.9 Å². The highest BCUT2D eigenvalue weighted by atomic mass is 16.2. The van der Waals surface area contributed by atoms with Gasteiger partial charge in [-0.15, -0.1) is 13.2 Å². The number of benzene rings is 1. The Morgan fingerprint density at radius 1 is 1.19 bits per heavy atom. The Morgan fingerprint density at radius 2 is 1.88 bits per heavy atom. The molecule has 32 heavy (non-hydrogen) atoms. The van der Waals surface area contributed by atoms with Crippen LogP contribution in [0.4, 0.5) is 0 Å². The van der Waals surface area contributed by atoms with Crippen LogP contribution in [0.25, 0.3) is 10.9 Å². The minimum atomic E-state index is -0.167. The predicted molar refractivity (Wildman–Crippen MR) is 136 cm³/mol. The van der Waals surface area contributed by atoms with Gasteiger partial charge in [-0.2, -0.15) is 0 Å². The number of aromatic amines is 1. The lowest BCUT2D eigenvalue weighted by Crippen LogP contribution is -2.34. The Morgan fingerprint density at radius 3 is 2.50 bits per heavy atom. The van der Waals surface area contributed by atoms with Crippen molar-refractivity contribution in [2.45, 2.75) is 53.5 Å². The van der Waals surface area contributed by atoms with E-state index in [2.05, 4.69) is 54.6 Å². The van der Waals surface area contributed by atoms with Crippen molar-refractivity contribution in [3.05, 3.63) is 72.5 Å². The van der Waals surface area contributed by atoms with Crippen molar-refractivity contribution in [2.75, 3.05) is 13.6 Å². The molecule has 0 saturated carbocycles. The molecule has 2 aromatic rings. The third-order valence-electron chi connectivity index (χ3n) is 5.56. The predicted octanol–water partition coefficient (Wildman–Crippen LogP) is 5.20. The van der Waals surface area contributed by atoms with Crippen molar-refractivity contribution < 1.29 is 9.59 Å². The molecule has 0 saturated heterocycles. The summed E-state index contributed by atoms with van der Waals surface area (Å²) in [5.74, 6) is -0.0840. The quantitative estimate of drug-likeness (QED) is 0.418. The summed E-state index contributed by atoms with van der Waals surface area (Å²) < 4.78 is 0. The molecule has 0 bridgehead atoms. The van der Waals surface area contributed by atoms with Gasteiger partial charge < -0.3 is 15.2 Å². The number of nitrogens with zero attached hydrogens (tertiary/aromatic N) is 1. The highest BCUT2D eigenvalue weighted by molar-refractivity contribution is 5.84. The molecule has 0 aliphatic carbocycles. The van der Waals surface area contributed by atoms with Crippen molar-refractivity contribution >= 4 is 22.7 Å². The van der Waals surface area contributed by atoms with Gasteiger partial charge in [0.25, 0.3) is 0 Å². The smallest absolute Gasteiger partial charge is 0.228 e. The molecule has 0 spiro atoms. The molecule has 2 amide bonds. The van der Waals surface area contributed by atoms with Crippen LogP contribution in [0.3, 0.4) is 0 Å². The lowest BCUT2D eigenvalue weighted by Gasteiger charge is -2.17. The second-order valence-electron chi connectivity index (χ2n) is 7.97. The molecule has 1 heterocycles. The minimum absolute atomic E-state index is 0.0189. The topological polar surface area (TPSA) is 65.2 Å². The Hall–Kier alpha value is -3.08. The van der Waals surface area contributed by atoms with Gasteiger partial charge in [-0.05, 0) is 56.3 Å². The highest BCUT2D eigenvalue weighted by Crippen LogP contribution is 2.18. The van der Waals surface area contributed by atoms with Gasteiger partial charge in [0.15, 0.2) is 0 Å². The van der Waals surface area contributed by atoms with Crippen LogP contribution in [0, 0.1) is 5.92 Å². The van der Waals surface area contributed by atoms with Crippen LogP contribution in [-0.2, 0) is 22.4 Å². The number of carbonyl (C=O) groups is 2. The number of aryl methyl sites for hydroxylation is 1. The highest BCUT2D eigenvalue weighted by Gasteiger charge is 2.13. The number of nitrogens with one attached hydrogen (secondary N) is 2. The molecule has 0 radical (unpaired) electrons. The van der Waals surface area contributed by atoms with Crippen molar-refractivity contribution in [1.29, 1.82) is 0 Å². The third-order valence-corrected chi connectivity index (χ3v) is 5.56. The Bertz CT molecular complexity index is 955. The van der Waals surface area contributed by atoms with Crippen LogP contribution in [0.1, 0.15) is 45.9 Å². The maximum atomic E-state index is 12.5. The number of aromatic nitrogens is 1. The minimum Gasteiger partial charge on any atom is -0.358 e. The largest absolute Gasteiger partial charge is 0.358 e. The van der Waals surface area contributed by atoms with Crippen LogP contribution < -0.4 is 5.32 Å². The van der Waals surface area contributed by atoms with E-state index in [1.54, 1.807) is 11.9 Å². The van der Waals surface area contributed by atoms with E-state index in [4.69, 9.17) is 0 Å². The van der Waals surface area contributed by atoms with Crippen molar-refractivity contribution in [2.24, 2.45) is 5.92 Å². The van der Waals surface area contributed by atoms with E-state index in [0.29, 0.717) is 13.0 Å². The van der Waals surface area contributed by atoms with Gasteiger partial charge in [0.2, 0.25) is 11.8 Å². The van der Waals surface area contributed by atoms with E-state index >= 15 is 0 Å². The average Bonchev–Trinajstić information content (AvgIpc) is 3.19. The fraction of sp³-hybridized carbons (Fsp3) is 0.407. The van der Waals surface area contributed by atoms with Gasteiger partial charge in [0.1, 0.15) is 0 Å². The first kappa shape index (κ1) is 27.0. The van der Waals surface area contributed by atoms with Gasteiger partial charge in [0, 0.05) is 30.8 Å². The van der Waals surface area contributed by atoms with Crippen LogP contribution in [-0.4, -0.2) is 41.3 Å².